The van der Waals surface area contributed by atoms with Crippen LogP contribution in [0.25, 0.3) is 0 Å². The molecule has 5 nitrogen and oxygen atoms in total. The van der Waals surface area contributed by atoms with Crippen molar-refractivity contribution in [2.24, 2.45) is 0 Å². The standard InChI is InChI=1S/C23H22F2N2O3/c1-15(27-23(28)16(2)30-20-9-10-21(24)22(25)12-20)18-5-7-19(8-6-18)29-14-17-4-3-11-26-13-17/h3-13,15-16H,14H2,1-2H3,(H,27,28). The third kappa shape index (κ3) is 5.76. The predicted octanol–water partition coefficient (Wildman–Crippen LogP) is 4.58. The second-order valence-corrected chi connectivity index (χ2v) is 6.79. The summed E-state index contributed by atoms with van der Waals surface area (Å²) in [7, 11) is 0. The zero-order valence-corrected chi connectivity index (χ0v) is 16.6. The highest BCUT2D eigenvalue weighted by molar-refractivity contribution is 5.81. The van der Waals surface area contributed by atoms with Gasteiger partial charge in [0.25, 0.3) is 5.91 Å². The van der Waals surface area contributed by atoms with Crippen LogP contribution < -0.4 is 14.8 Å². The first kappa shape index (κ1) is 21.2. The molecule has 2 unspecified atom stereocenters. The molecule has 30 heavy (non-hydrogen) atoms. The summed E-state index contributed by atoms with van der Waals surface area (Å²) in [5.41, 5.74) is 1.86. The number of nitrogens with one attached hydrogen (secondary N) is 1. The van der Waals surface area contributed by atoms with Crippen LogP contribution in [0.4, 0.5) is 8.78 Å². The molecular weight excluding hydrogens is 390 g/mol. The summed E-state index contributed by atoms with van der Waals surface area (Å²) in [5.74, 6) is -1.58. The van der Waals surface area contributed by atoms with Crippen molar-refractivity contribution in [3.63, 3.8) is 0 Å². The Morgan fingerprint density at radius 3 is 2.43 bits per heavy atom. The smallest absolute Gasteiger partial charge is 0.261 e. The van der Waals surface area contributed by atoms with Gasteiger partial charge >= 0.3 is 0 Å². The van der Waals surface area contributed by atoms with Crippen LogP contribution in [0.3, 0.4) is 0 Å². The van der Waals surface area contributed by atoms with Gasteiger partial charge in [0.2, 0.25) is 0 Å². The third-order valence-corrected chi connectivity index (χ3v) is 4.44. The number of pyridine rings is 1. The maximum absolute atomic E-state index is 13.3. The van der Waals surface area contributed by atoms with Crippen molar-refractivity contribution in [1.29, 1.82) is 0 Å². The largest absolute Gasteiger partial charge is 0.489 e. The van der Waals surface area contributed by atoms with E-state index in [0.717, 1.165) is 23.3 Å². The van der Waals surface area contributed by atoms with E-state index < -0.39 is 17.7 Å². The Morgan fingerprint density at radius 1 is 1.03 bits per heavy atom. The number of ether oxygens (including phenoxy) is 2. The molecule has 3 rings (SSSR count). The topological polar surface area (TPSA) is 60.5 Å². The summed E-state index contributed by atoms with van der Waals surface area (Å²) in [6, 6.07) is 14.0. The molecule has 0 bridgehead atoms. The number of benzene rings is 2. The van der Waals surface area contributed by atoms with Crippen molar-refractivity contribution in [3.05, 3.63) is 89.8 Å². The van der Waals surface area contributed by atoms with Gasteiger partial charge in [0, 0.05) is 24.0 Å². The molecule has 0 spiro atoms. The molecule has 0 saturated heterocycles. The first-order valence-electron chi connectivity index (χ1n) is 9.46. The minimum atomic E-state index is -1.03. The van der Waals surface area contributed by atoms with E-state index in [4.69, 9.17) is 9.47 Å². The van der Waals surface area contributed by atoms with Gasteiger partial charge < -0.3 is 14.8 Å². The minimum absolute atomic E-state index is 0.0827. The Hall–Kier alpha value is -3.48. The highest BCUT2D eigenvalue weighted by atomic mass is 19.2. The number of rotatable bonds is 8. The van der Waals surface area contributed by atoms with Crippen molar-refractivity contribution >= 4 is 5.91 Å². The monoisotopic (exact) mass is 412 g/mol. The van der Waals surface area contributed by atoms with Gasteiger partial charge in [-0.15, -0.1) is 0 Å². The van der Waals surface area contributed by atoms with E-state index in [-0.39, 0.29) is 17.7 Å². The Kier molecular flexibility index (Phi) is 6.95. The molecule has 0 aliphatic heterocycles. The van der Waals surface area contributed by atoms with Crippen LogP contribution in [0.15, 0.2) is 67.0 Å². The van der Waals surface area contributed by atoms with Crippen LogP contribution in [0, 0.1) is 11.6 Å². The molecule has 1 amide bonds. The number of carbonyl (C=O) groups is 1. The lowest BCUT2D eigenvalue weighted by Gasteiger charge is -2.19. The molecule has 0 aliphatic rings. The molecule has 2 aromatic carbocycles. The fourth-order valence-electron chi connectivity index (χ4n) is 2.72. The summed E-state index contributed by atoms with van der Waals surface area (Å²) >= 11 is 0. The van der Waals surface area contributed by atoms with Gasteiger partial charge in [0.15, 0.2) is 17.7 Å². The lowest BCUT2D eigenvalue weighted by Crippen LogP contribution is -2.37. The lowest BCUT2D eigenvalue weighted by atomic mass is 10.1. The van der Waals surface area contributed by atoms with E-state index in [0.29, 0.717) is 12.4 Å². The number of carbonyl (C=O) groups excluding carboxylic acids is 1. The minimum Gasteiger partial charge on any atom is -0.489 e. The first-order chi connectivity index (χ1) is 14.4. The van der Waals surface area contributed by atoms with Crippen molar-refractivity contribution in [3.8, 4) is 11.5 Å². The average molecular weight is 412 g/mol. The van der Waals surface area contributed by atoms with Gasteiger partial charge in [-0.2, -0.15) is 0 Å². The molecule has 156 valence electrons. The summed E-state index contributed by atoms with van der Waals surface area (Å²) < 4.78 is 37.4. The van der Waals surface area contributed by atoms with Crippen LogP contribution in [-0.2, 0) is 11.4 Å². The van der Waals surface area contributed by atoms with Crippen LogP contribution >= 0.6 is 0 Å². The molecule has 1 aromatic heterocycles. The molecular formula is C23H22F2N2O3. The SMILES string of the molecule is CC(Oc1ccc(F)c(F)c1)C(=O)NC(C)c1ccc(OCc2cccnc2)cc1. The molecule has 7 heteroatoms. The molecule has 0 fully saturated rings. The average Bonchev–Trinajstić information content (AvgIpc) is 2.76. The van der Waals surface area contributed by atoms with Crippen molar-refractivity contribution in [1.82, 2.24) is 10.3 Å². The fourth-order valence-corrected chi connectivity index (χ4v) is 2.72. The van der Waals surface area contributed by atoms with Crippen LogP contribution in [-0.4, -0.2) is 17.0 Å². The van der Waals surface area contributed by atoms with Crippen molar-refractivity contribution < 1.29 is 23.0 Å². The maximum atomic E-state index is 13.3. The summed E-state index contributed by atoms with van der Waals surface area (Å²) in [6.07, 6.45) is 2.58. The zero-order valence-electron chi connectivity index (χ0n) is 16.6. The Labute approximate surface area is 173 Å². The van der Waals surface area contributed by atoms with E-state index in [1.54, 1.807) is 19.3 Å². The van der Waals surface area contributed by atoms with Gasteiger partial charge in [0.05, 0.1) is 6.04 Å². The summed E-state index contributed by atoms with van der Waals surface area (Å²) in [4.78, 5) is 16.4. The quantitative estimate of drug-likeness (QED) is 0.588. The number of amides is 1. The van der Waals surface area contributed by atoms with Gasteiger partial charge in [-0.1, -0.05) is 18.2 Å². The van der Waals surface area contributed by atoms with Crippen LogP contribution in [0.2, 0.25) is 0 Å². The highest BCUT2D eigenvalue weighted by Gasteiger charge is 2.18. The van der Waals surface area contributed by atoms with Crippen molar-refractivity contribution in [2.45, 2.75) is 32.6 Å². The highest BCUT2D eigenvalue weighted by Crippen LogP contribution is 2.20. The Balaban J connectivity index is 1.52. The van der Waals surface area contributed by atoms with Crippen molar-refractivity contribution in [2.75, 3.05) is 0 Å². The second-order valence-electron chi connectivity index (χ2n) is 6.79. The van der Waals surface area contributed by atoms with E-state index in [9.17, 15) is 13.6 Å². The van der Waals surface area contributed by atoms with Gasteiger partial charge in [-0.3, -0.25) is 9.78 Å². The molecule has 0 aliphatic carbocycles. The van der Waals surface area contributed by atoms with Crippen LogP contribution in [0.5, 0.6) is 11.5 Å². The number of hydrogen-bond donors (Lipinski definition) is 1. The first-order valence-corrected chi connectivity index (χ1v) is 9.46. The fraction of sp³-hybridized carbons (Fsp3) is 0.217. The molecule has 2 atom stereocenters. The molecule has 1 N–H and O–H groups in total. The molecule has 3 aromatic rings. The van der Waals surface area contributed by atoms with E-state index in [1.807, 2.05) is 43.3 Å². The number of hydrogen-bond acceptors (Lipinski definition) is 4. The third-order valence-electron chi connectivity index (χ3n) is 4.44. The normalized spacial score (nSPS) is 12.7. The second kappa shape index (κ2) is 9.82. The Bertz CT molecular complexity index is 981. The molecule has 1 heterocycles. The predicted molar refractivity (Wildman–Crippen MR) is 108 cm³/mol. The zero-order chi connectivity index (χ0) is 21.5. The summed E-state index contributed by atoms with van der Waals surface area (Å²) in [5, 5.41) is 2.84. The molecule has 0 saturated carbocycles. The summed E-state index contributed by atoms with van der Waals surface area (Å²) in [6.45, 7) is 3.80. The van der Waals surface area contributed by atoms with E-state index in [2.05, 4.69) is 10.3 Å². The molecule has 0 radical (unpaired) electrons. The lowest BCUT2D eigenvalue weighted by molar-refractivity contribution is -0.127. The van der Waals surface area contributed by atoms with Gasteiger partial charge in [0.1, 0.15) is 18.1 Å². The van der Waals surface area contributed by atoms with E-state index in [1.165, 1.54) is 6.07 Å². The van der Waals surface area contributed by atoms with E-state index >= 15 is 0 Å². The van der Waals surface area contributed by atoms with Crippen LogP contribution in [0.1, 0.15) is 31.0 Å². The van der Waals surface area contributed by atoms with Gasteiger partial charge in [-0.25, -0.2) is 8.78 Å². The van der Waals surface area contributed by atoms with Gasteiger partial charge in [-0.05, 0) is 49.7 Å². The number of nitrogens with zero attached hydrogens (tertiary/aromatic N) is 1. The number of halogens is 2. The Morgan fingerprint density at radius 2 is 1.77 bits per heavy atom. The number of aromatic nitrogens is 1. The maximum Gasteiger partial charge on any atom is 0.261 e.